The van der Waals surface area contributed by atoms with Crippen LogP contribution in [0.4, 0.5) is 0 Å². The summed E-state index contributed by atoms with van der Waals surface area (Å²) in [6.45, 7) is 2.46. The third kappa shape index (κ3) is 4.31. The van der Waals surface area contributed by atoms with Crippen molar-refractivity contribution >= 4 is 28.6 Å². The van der Waals surface area contributed by atoms with Crippen molar-refractivity contribution in [3.8, 4) is 11.5 Å². The molecule has 0 bridgehead atoms. The number of carbonyl (C=O) groups excluding carboxylic acids is 1. The van der Waals surface area contributed by atoms with Gasteiger partial charge in [0.2, 0.25) is 0 Å². The van der Waals surface area contributed by atoms with Crippen LogP contribution in [0.1, 0.15) is 17.2 Å². The molecule has 0 unspecified atom stereocenters. The monoisotopic (exact) mass is 425 g/mol. The molecule has 4 rings (SSSR count). The lowest BCUT2D eigenvalue weighted by Crippen LogP contribution is -2.43. The van der Waals surface area contributed by atoms with Crippen LogP contribution in [0.5, 0.6) is 11.5 Å². The molecule has 0 saturated carbocycles. The van der Waals surface area contributed by atoms with Gasteiger partial charge in [0, 0.05) is 35.6 Å². The quantitative estimate of drug-likeness (QED) is 0.579. The van der Waals surface area contributed by atoms with Crippen molar-refractivity contribution in [3.63, 3.8) is 0 Å². The van der Waals surface area contributed by atoms with Crippen LogP contribution in [0.3, 0.4) is 0 Å². The lowest BCUT2D eigenvalue weighted by molar-refractivity contribution is -0.135. The van der Waals surface area contributed by atoms with Crippen LogP contribution in [-0.2, 0) is 4.79 Å². The van der Waals surface area contributed by atoms with Crippen LogP contribution in [0, 0.1) is 6.92 Å². The summed E-state index contributed by atoms with van der Waals surface area (Å²) in [6, 6.07) is 14.6. The Hall–Kier alpha value is -2.93. The van der Waals surface area contributed by atoms with Gasteiger partial charge in [-0.3, -0.25) is 4.79 Å². The van der Waals surface area contributed by atoms with Gasteiger partial charge in [-0.1, -0.05) is 12.1 Å². The first kappa shape index (κ1) is 20.3. The molecule has 0 N–H and O–H groups in total. The van der Waals surface area contributed by atoms with E-state index in [1.165, 1.54) is 6.07 Å². The number of ether oxygens (including phenoxy) is 2. The molecule has 0 aliphatic carbocycles. The van der Waals surface area contributed by atoms with Crippen LogP contribution in [0.15, 0.2) is 57.7 Å². The summed E-state index contributed by atoms with van der Waals surface area (Å²) in [5.74, 6) is 2.97. The summed E-state index contributed by atoms with van der Waals surface area (Å²) in [4.78, 5) is 26.4. The van der Waals surface area contributed by atoms with E-state index in [2.05, 4.69) is 0 Å². The fourth-order valence-electron chi connectivity index (χ4n) is 3.63. The SMILES string of the molecule is COc1ccc([C@@H]2CSCCN2C(=O)COc2ccc3c(C)cc(=O)oc3c2)cc1. The number of nitrogens with zero attached hydrogens (tertiary/aromatic N) is 1. The van der Waals surface area contributed by atoms with Gasteiger partial charge in [0.15, 0.2) is 6.61 Å². The maximum Gasteiger partial charge on any atom is 0.336 e. The highest BCUT2D eigenvalue weighted by Gasteiger charge is 2.28. The zero-order chi connectivity index (χ0) is 21.1. The molecule has 156 valence electrons. The molecule has 1 amide bonds. The van der Waals surface area contributed by atoms with Gasteiger partial charge in [-0.15, -0.1) is 0 Å². The normalized spacial score (nSPS) is 16.5. The molecular formula is C23H23NO5S. The van der Waals surface area contributed by atoms with E-state index >= 15 is 0 Å². The van der Waals surface area contributed by atoms with Crippen molar-refractivity contribution in [2.75, 3.05) is 31.8 Å². The van der Waals surface area contributed by atoms with E-state index in [1.54, 1.807) is 19.2 Å². The second-order valence-corrected chi connectivity index (χ2v) is 8.30. The van der Waals surface area contributed by atoms with Gasteiger partial charge in [0.05, 0.1) is 13.2 Å². The smallest absolute Gasteiger partial charge is 0.336 e. The Morgan fingerprint density at radius 1 is 1.17 bits per heavy atom. The molecule has 6 nitrogen and oxygen atoms in total. The van der Waals surface area contributed by atoms with Crippen molar-refractivity contribution < 1.29 is 18.7 Å². The van der Waals surface area contributed by atoms with Crippen molar-refractivity contribution in [2.24, 2.45) is 0 Å². The first-order chi connectivity index (χ1) is 14.5. The molecular weight excluding hydrogens is 402 g/mol. The zero-order valence-electron chi connectivity index (χ0n) is 16.9. The molecule has 1 fully saturated rings. The molecule has 30 heavy (non-hydrogen) atoms. The number of hydrogen-bond donors (Lipinski definition) is 0. The summed E-state index contributed by atoms with van der Waals surface area (Å²) < 4.78 is 16.2. The summed E-state index contributed by atoms with van der Waals surface area (Å²) in [7, 11) is 1.64. The average Bonchev–Trinajstić information content (AvgIpc) is 2.77. The molecule has 1 atom stereocenters. The zero-order valence-corrected chi connectivity index (χ0v) is 17.7. The third-order valence-electron chi connectivity index (χ3n) is 5.23. The van der Waals surface area contributed by atoms with Crippen molar-refractivity contribution in [3.05, 3.63) is 70.1 Å². The molecule has 1 saturated heterocycles. The summed E-state index contributed by atoms with van der Waals surface area (Å²) in [5.41, 5.74) is 1.98. The van der Waals surface area contributed by atoms with Gasteiger partial charge in [-0.05, 0) is 42.3 Å². The van der Waals surface area contributed by atoms with Crippen LogP contribution in [0.25, 0.3) is 11.0 Å². The largest absolute Gasteiger partial charge is 0.497 e. The van der Waals surface area contributed by atoms with Gasteiger partial charge in [-0.2, -0.15) is 11.8 Å². The highest BCUT2D eigenvalue weighted by atomic mass is 32.2. The summed E-state index contributed by atoms with van der Waals surface area (Å²) >= 11 is 1.84. The van der Waals surface area contributed by atoms with Gasteiger partial charge in [-0.25, -0.2) is 4.79 Å². The van der Waals surface area contributed by atoms with E-state index in [0.717, 1.165) is 33.8 Å². The van der Waals surface area contributed by atoms with Gasteiger partial charge in [0.1, 0.15) is 17.1 Å². The molecule has 0 radical (unpaired) electrons. The standard InChI is InChI=1S/C23H23NO5S/c1-15-11-23(26)29-21-12-18(7-8-19(15)21)28-13-22(25)24-9-10-30-14-20(24)16-3-5-17(27-2)6-4-16/h3-8,11-12,20H,9-10,13-14H2,1-2H3/t20-/m0/s1. The lowest BCUT2D eigenvalue weighted by atomic mass is 10.1. The fourth-order valence-corrected chi connectivity index (χ4v) is 4.72. The molecule has 2 aromatic carbocycles. The molecule has 0 spiro atoms. The number of aryl methyl sites for hydroxylation is 1. The summed E-state index contributed by atoms with van der Waals surface area (Å²) in [6.07, 6.45) is 0. The van der Waals surface area contributed by atoms with E-state index in [-0.39, 0.29) is 18.6 Å². The predicted molar refractivity (Wildman–Crippen MR) is 117 cm³/mol. The number of carbonyl (C=O) groups is 1. The minimum atomic E-state index is -0.402. The van der Waals surface area contributed by atoms with Crippen LogP contribution in [-0.4, -0.2) is 42.6 Å². The number of hydrogen-bond acceptors (Lipinski definition) is 6. The molecule has 3 aromatic rings. The Labute approximate surface area is 178 Å². The van der Waals surface area contributed by atoms with E-state index in [9.17, 15) is 9.59 Å². The number of benzene rings is 2. The number of fused-ring (bicyclic) bond motifs is 1. The number of methoxy groups -OCH3 is 1. The highest BCUT2D eigenvalue weighted by Crippen LogP contribution is 2.31. The van der Waals surface area contributed by atoms with Gasteiger partial charge < -0.3 is 18.8 Å². The molecule has 1 aromatic heterocycles. The number of amides is 1. The molecule has 2 heterocycles. The van der Waals surface area contributed by atoms with Gasteiger partial charge >= 0.3 is 5.63 Å². The second-order valence-electron chi connectivity index (χ2n) is 7.15. The Morgan fingerprint density at radius 3 is 2.70 bits per heavy atom. The fraction of sp³-hybridized carbons (Fsp3) is 0.304. The minimum absolute atomic E-state index is 0.00281. The van der Waals surface area contributed by atoms with E-state index < -0.39 is 5.63 Å². The highest BCUT2D eigenvalue weighted by molar-refractivity contribution is 7.99. The van der Waals surface area contributed by atoms with E-state index in [0.29, 0.717) is 17.9 Å². The van der Waals surface area contributed by atoms with E-state index in [4.69, 9.17) is 13.9 Å². The first-order valence-corrected chi connectivity index (χ1v) is 10.9. The van der Waals surface area contributed by atoms with Crippen molar-refractivity contribution in [1.29, 1.82) is 0 Å². The number of thioether (sulfide) groups is 1. The third-order valence-corrected chi connectivity index (χ3v) is 6.26. The molecule has 7 heteroatoms. The molecule has 1 aliphatic rings. The maximum absolute atomic E-state index is 12.9. The minimum Gasteiger partial charge on any atom is -0.497 e. The predicted octanol–water partition coefficient (Wildman–Crippen LogP) is 3.81. The second kappa shape index (κ2) is 8.83. The van der Waals surface area contributed by atoms with Crippen molar-refractivity contribution in [2.45, 2.75) is 13.0 Å². The Morgan fingerprint density at radius 2 is 1.93 bits per heavy atom. The average molecular weight is 426 g/mol. The summed E-state index contributed by atoms with van der Waals surface area (Å²) in [5, 5.41) is 0.848. The van der Waals surface area contributed by atoms with Crippen LogP contribution in [0.2, 0.25) is 0 Å². The van der Waals surface area contributed by atoms with E-state index in [1.807, 2.05) is 53.9 Å². The van der Waals surface area contributed by atoms with Crippen LogP contribution >= 0.6 is 11.8 Å². The molecule has 1 aliphatic heterocycles. The Balaban J connectivity index is 1.47. The van der Waals surface area contributed by atoms with Gasteiger partial charge in [0.25, 0.3) is 5.91 Å². The first-order valence-electron chi connectivity index (χ1n) is 9.73. The lowest BCUT2D eigenvalue weighted by Gasteiger charge is -2.35. The maximum atomic E-state index is 12.9. The Kier molecular flexibility index (Phi) is 5.99. The Bertz CT molecular complexity index is 1110. The van der Waals surface area contributed by atoms with Crippen LogP contribution < -0.4 is 15.1 Å². The topological polar surface area (TPSA) is 69.0 Å². The van der Waals surface area contributed by atoms with Crippen molar-refractivity contribution in [1.82, 2.24) is 4.90 Å². The number of rotatable bonds is 5.